The van der Waals surface area contributed by atoms with Gasteiger partial charge in [0, 0.05) is 19.5 Å². The lowest BCUT2D eigenvalue weighted by Crippen LogP contribution is -2.32. The number of anilines is 1. The largest absolute Gasteiger partial charge is 0.492 e. The van der Waals surface area contributed by atoms with Gasteiger partial charge in [-0.2, -0.15) is 0 Å². The van der Waals surface area contributed by atoms with Crippen LogP contribution in [0, 0.1) is 5.92 Å². The maximum atomic E-state index is 13.3. The van der Waals surface area contributed by atoms with E-state index in [4.69, 9.17) is 37.7 Å². The van der Waals surface area contributed by atoms with Crippen molar-refractivity contribution in [2.75, 3.05) is 45.1 Å². The monoisotopic (exact) mass is 604 g/mol. The Labute approximate surface area is 246 Å². The van der Waals surface area contributed by atoms with Crippen molar-refractivity contribution in [2.24, 2.45) is 5.92 Å². The van der Waals surface area contributed by atoms with Crippen LogP contribution >= 0.6 is 23.2 Å². The molecule has 11 heteroatoms. The SMILES string of the molecule is CN1CCC(COc2cc(COc3nc4c(cc3NS(=O)(=O)c3ccccc3Cl)CN(C)CC4)ccc2Cl)CC1. The fraction of sp³-hybridized carbons (Fsp3) is 0.414. The smallest absolute Gasteiger partial charge is 0.263 e. The second kappa shape index (κ2) is 12.5. The Balaban J connectivity index is 1.35. The number of hydrogen-bond acceptors (Lipinski definition) is 7. The first kappa shape index (κ1) is 29.0. The van der Waals surface area contributed by atoms with Gasteiger partial charge in [-0.05, 0) is 87.4 Å². The van der Waals surface area contributed by atoms with E-state index in [1.165, 1.54) is 6.07 Å². The molecule has 5 rings (SSSR count). The van der Waals surface area contributed by atoms with E-state index < -0.39 is 10.0 Å². The van der Waals surface area contributed by atoms with E-state index in [9.17, 15) is 8.42 Å². The Hall–Kier alpha value is -2.56. The molecule has 0 saturated carbocycles. The summed E-state index contributed by atoms with van der Waals surface area (Å²) in [5.41, 5.74) is 2.95. The quantitative estimate of drug-likeness (QED) is 0.346. The highest BCUT2D eigenvalue weighted by atomic mass is 35.5. The molecule has 2 aliphatic heterocycles. The molecular formula is C29H34Cl2N4O4S. The summed E-state index contributed by atoms with van der Waals surface area (Å²) in [6, 6.07) is 13.7. The van der Waals surface area contributed by atoms with Crippen LogP contribution in [0.2, 0.25) is 10.0 Å². The molecule has 0 spiro atoms. The zero-order valence-electron chi connectivity index (χ0n) is 22.7. The van der Waals surface area contributed by atoms with Crippen molar-refractivity contribution in [1.29, 1.82) is 0 Å². The van der Waals surface area contributed by atoms with Crippen molar-refractivity contribution in [3.63, 3.8) is 0 Å². The first-order valence-corrected chi connectivity index (χ1v) is 15.6. The van der Waals surface area contributed by atoms with Gasteiger partial charge >= 0.3 is 0 Å². The summed E-state index contributed by atoms with van der Waals surface area (Å²) in [5, 5.41) is 0.679. The molecule has 0 radical (unpaired) electrons. The van der Waals surface area contributed by atoms with Crippen molar-refractivity contribution < 1.29 is 17.9 Å². The van der Waals surface area contributed by atoms with Crippen LogP contribution in [0.15, 0.2) is 53.4 Å². The summed E-state index contributed by atoms with van der Waals surface area (Å²) in [6.45, 7) is 4.45. The maximum Gasteiger partial charge on any atom is 0.263 e. The summed E-state index contributed by atoms with van der Waals surface area (Å²) in [4.78, 5) is 9.22. The minimum absolute atomic E-state index is 0.0124. The maximum absolute atomic E-state index is 13.3. The van der Waals surface area contributed by atoms with Crippen LogP contribution in [0.5, 0.6) is 11.6 Å². The molecule has 1 aromatic heterocycles. The van der Waals surface area contributed by atoms with Crippen molar-refractivity contribution in [3.8, 4) is 11.6 Å². The average Bonchev–Trinajstić information content (AvgIpc) is 2.92. The zero-order chi connectivity index (χ0) is 28.3. The van der Waals surface area contributed by atoms with Gasteiger partial charge in [0.05, 0.1) is 22.3 Å². The van der Waals surface area contributed by atoms with E-state index in [0.29, 0.717) is 29.8 Å². The number of nitrogens with zero attached hydrogens (tertiary/aromatic N) is 3. The molecule has 0 atom stereocenters. The minimum Gasteiger partial charge on any atom is -0.492 e. The molecule has 1 fully saturated rings. The number of ether oxygens (including phenoxy) is 2. The van der Waals surface area contributed by atoms with Crippen LogP contribution in [0.4, 0.5) is 5.69 Å². The molecule has 1 N–H and O–H groups in total. The summed E-state index contributed by atoms with van der Waals surface area (Å²) in [7, 11) is 0.182. The number of likely N-dealkylation sites (N-methyl/N-ethyl adjacent to an activating group) is 1. The number of halogens is 2. The van der Waals surface area contributed by atoms with Gasteiger partial charge in [-0.15, -0.1) is 0 Å². The van der Waals surface area contributed by atoms with E-state index in [1.807, 2.05) is 19.2 Å². The van der Waals surface area contributed by atoms with Gasteiger partial charge in [-0.3, -0.25) is 4.72 Å². The fourth-order valence-electron chi connectivity index (χ4n) is 4.98. The molecule has 0 unspecified atom stereocenters. The number of nitrogens with one attached hydrogen (secondary N) is 1. The zero-order valence-corrected chi connectivity index (χ0v) is 25.0. The van der Waals surface area contributed by atoms with Crippen LogP contribution < -0.4 is 14.2 Å². The van der Waals surface area contributed by atoms with Gasteiger partial charge in [-0.25, -0.2) is 13.4 Å². The normalized spacial score (nSPS) is 16.9. The predicted octanol–water partition coefficient (Wildman–Crippen LogP) is 5.48. The molecule has 214 valence electrons. The average molecular weight is 606 g/mol. The number of pyridine rings is 1. The molecule has 1 saturated heterocycles. The van der Waals surface area contributed by atoms with Gasteiger partial charge in [0.2, 0.25) is 5.88 Å². The second-order valence-electron chi connectivity index (χ2n) is 10.6. The van der Waals surface area contributed by atoms with Crippen LogP contribution in [-0.4, -0.2) is 63.5 Å². The molecular weight excluding hydrogens is 571 g/mol. The Bertz CT molecular complexity index is 1460. The number of sulfonamides is 1. The lowest BCUT2D eigenvalue weighted by molar-refractivity contribution is 0.160. The number of aromatic nitrogens is 1. The number of rotatable bonds is 9. The van der Waals surface area contributed by atoms with Crippen molar-refractivity contribution >= 4 is 38.9 Å². The molecule has 2 aliphatic rings. The van der Waals surface area contributed by atoms with Crippen LogP contribution in [-0.2, 0) is 29.6 Å². The third-order valence-corrected chi connectivity index (χ3v) is 9.56. The molecule has 3 heterocycles. The Morgan fingerprint density at radius 1 is 0.975 bits per heavy atom. The van der Waals surface area contributed by atoms with Crippen LogP contribution in [0.25, 0.3) is 0 Å². The van der Waals surface area contributed by atoms with E-state index in [2.05, 4.69) is 21.6 Å². The minimum atomic E-state index is -3.98. The van der Waals surface area contributed by atoms with E-state index in [-0.39, 0.29) is 28.1 Å². The lowest BCUT2D eigenvalue weighted by Gasteiger charge is -2.28. The van der Waals surface area contributed by atoms with E-state index in [0.717, 1.165) is 55.7 Å². The molecule has 40 heavy (non-hydrogen) atoms. The Kier molecular flexibility index (Phi) is 9.07. The predicted molar refractivity (Wildman–Crippen MR) is 158 cm³/mol. The Morgan fingerprint density at radius 3 is 2.52 bits per heavy atom. The molecule has 3 aromatic rings. The molecule has 0 bridgehead atoms. The van der Waals surface area contributed by atoms with Crippen LogP contribution in [0.3, 0.4) is 0 Å². The topological polar surface area (TPSA) is 84.0 Å². The van der Waals surface area contributed by atoms with Gasteiger partial charge in [0.1, 0.15) is 22.9 Å². The highest BCUT2D eigenvalue weighted by Gasteiger charge is 2.24. The highest BCUT2D eigenvalue weighted by molar-refractivity contribution is 7.92. The van der Waals surface area contributed by atoms with Gasteiger partial charge < -0.3 is 19.3 Å². The Morgan fingerprint density at radius 2 is 1.75 bits per heavy atom. The number of hydrogen-bond donors (Lipinski definition) is 1. The molecule has 2 aromatic carbocycles. The van der Waals surface area contributed by atoms with Gasteiger partial charge in [0.25, 0.3) is 10.0 Å². The third-order valence-electron chi connectivity index (χ3n) is 7.38. The summed E-state index contributed by atoms with van der Waals surface area (Å²) >= 11 is 12.6. The van der Waals surface area contributed by atoms with Gasteiger partial charge in [0.15, 0.2) is 0 Å². The standard InChI is InChI=1S/C29H34Cl2N4O4S/c1-34-12-9-20(10-13-34)18-38-27-15-21(7-8-23(27)30)19-39-29-26(16-22-17-35(2)14-11-25(22)32-29)33-40(36,37)28-6-4-3-5-24(28)31/h3-8,15-16,20,33H,9-14,17-19H2,1-2H3. The molecule has 8 nitrogen and oxygen atoms in total. The third kappa shape index (κ3) is 7.01. The summed E-state index contributed by atoms with van der Waals surface area (Å²) in [6.07, 6.45) is 2.95. The van der Waals surface area contributed by atoms with Gasteiger partial charge in [-0.1, -0.05) is 41.4 Å². The van der Waals surface area contributed by atoms with Crippen molar-refractivity contribution in [1.82, 2.24) is 14.8 Å². The second-order valence-corrected chi connectivity index (χ2v) is 13.0. The molecule has 0 aliphatic carbocycles. The van der Waals surface area contributed by atoms with Crippen molar-refractivity contribution in [3.05, 3.63) is 75.4 Å². The van der Waals surface area contributed by atoms with E-state index >= 15 is 0 Å². The molecule has 0 amide bonds. The number of fused-ring (bicyclic) bond motifs is 1. The number of likely N-dealkylation sites (tertiary alicyclic amines) is 1. The first-order chi connectivity index (χ1) is 19.2. The first-order valence-electron chi connectivity index (χ1n) is 13.4. The van der Waals surface area contributed by atoms with Crippen molar-refractivity contribution in [2.45, 2.75) is 37.3 Å². The highest BCUT2D eigenvalue weighted by Crippen LogP contribution is 2.33. The number of benzene rings is 2. The summed E-state index contributed by atoms with van der Waals surface area (Å²) < 4.78 is 41.4. The van der Waals surface area contributed by atoms with Crippen LogP contribution in [0.1, 0.15) is 29.7 Å². The summed E-state index contributed by atoms with van der Waals surface area (Å²) in [5.74, 6) is 1.32. The lowest BCUT2D eigenvalue weighted by atomic mass is 9.98. The van der Waals surface area contributed by atoms with E-state index in [1.54, 1.807) is 30.3 Å². The fourth-order valence-corrected chi connectivity index (χ4v) is 6.72. The number of piperidine rings is 1.